The smallest absolute Gasteiger partial charge is 0.147 e. The van der Waals surface area contributed by atoms with E-state index in [4.69, 9.17) is 22.1 Å². The number of allylic oxidation sites excluding steroid dienone is 1. The van der Waals surface area contributed by atoms with Crippen LogP contribution in [0.3, 0.4) is 0 Å². The molecule has 1 aromatic carbocycles. The number of rotatable bonds is 3. The average molecular weight is 274 g/mol. The Balaban J connectivity index is 2.01. The summed E-state index contributed by atoms with van der Waals surface area (Å²) in [5.74, 6) is 1.02. The van der Waals surface area contributed by atoms with Crippen LogP contribution in [-0.2, 0) is 0 Å². The predicted molar refractivity (Wildman–Crippen MR) is 71.3 cm³/mol. The molecule has 0 bridgehead atoms. The number of nitrogen functional groups attached to an aromatic ring is 1. The van der Waals surface area contributed by atoms with Crippen molar-refractivity contribution in [2.45, 2.75) is 11.7 Å². The first-order valence-corrected chi connectivity index (χ1v) is 6.75. The number of nitrogens with two attached hydrogens (primary N) is 1. The van der Waals surface area contributed by atoms with Crippen molar-refractivity contribution in [3.05, 3.63) is 35.1 Å². The highest BCUT2D eigenvalue weighted by molar-refractivity contribution is 8.00. The molecule has 1 aromatic rings. The van der Waals surface area contributed by atoms with Crippen LogP contribution >= 0.6 is 23.4 Å². The van der Waals surface area contributed by atoms with Gasteiger partial charge in [0.05, 0.1) is 16.0 Å². The van der Waals surface area contributed by atoms with Crippen LogP contribution in [0.2, 0.25) is 5.02 Å². The maximum absolute atomic E-state index is 13.1. The molecule has 1 unspecified atom stereocenters. The van der Waals surface area contributed by atoms with Crippen LogP contribution in [0, 0.1) is 5.82 Å². The summed E-state index contributed by atoms with van der Waals surface area (Å²) in [6, 6.07) is 2.60. The molecule has 2 nitrogen and oxygen atoms in total. The highest BCUT2D eigenvalue weighted by Crippen LogP contribution is 2.30. The van der Waals surface area contributed by atoms with E-state index in [2.05, 4.69) is 12.2 Å². The van der Waals surface area contributed by atoms with Crippen molar-refractivity contribution in [1.82, 2.24) is 0 Å². The van der Waals surface area contributed by atoms with Crippen molar-refractivity contribution in [2.24, 2.45) is 0 Å². The van der Waals surface area contributed by atoms with Crippen molar-refractivity contribution in [3.63, 3.8) is 0 Å². The molecule has 2 N–H and O–H groups in total. The fraction of sp³-hybridized carbons (Fsp3) is 0.333. The number of halogens is 2. The first-order valence-electron chi connectivity index (χ1n) is 5.32. The molecule has 0 radical (unpaired) electrons. The third-order valence-electron chi connectivity index (χ3n) is 2.42. The zero-order valence-corrected chi connectivity index (χ0v) is 10.7. The highest BCUT2D eigenvalue weighted by Gasteiger charge is 2.12. The van der Waals surface area contributed by atoms with Crippen LogP contribution in [-0.4, -0.2) is 17.6 Å². The Bertz CT molecular complexity index is 439. The van der Waals surface area contributed by atoms with E-state index in [-0.39, 0.29) is 10.7 Å². The van der Waals surface area contributed by atoms with Gasteiger partial charge in [-0.05, 0) is 18.2 Å². The van der Waals surface area contributed by atoms with Gasteiger partial charge in [0, 0.05) is 6.07 Å². The molecule has 0 spiro atoms. The van der Waals surface area contributed by atoms with Crippen molar-refractivity contribution < 1.29 is 9.13 Å². The Morgan fingerprint density at radius 1 is 1.53 bits per heavy atom. The summed E-state index contributed by atoms with van der Waals surface area (Å²) in [4.78, 5) is 0. The maximum Gasteiger partial charge on any atom is 0.147 e. The summed E-state index contributed by atoms with van der Waals surface area (Å²) >= 11 is 7.71. The molecule has 0 aromatic heterocycles. The summed E-state index contributed by atoms with van der Waals surface area (Å²) in [5, 5.41) is 0.576. The van der Waals surface area contributed by atoms with Gasteiger partial charge in [0.25, 0.3) is 0 Å². The Morgan fingerprint density at radius 3 is 3.06 bits per heavy atom. The van der Waals surface area contributed by atoms with E-state index in [1.54, 1.807) is 0 Å². The van der Waals surface area contributed by atoms with E-state index in [1.807, 2.05) is 11.8 Å². The van der Waals surface area contributed by atoms with Crippen LogP contribution in [0.5, 0.6) is 5.75 Å². The molecule has 0 fully saturated rings. The van der Waals surface area contributed by atoms with Gasteiger partial charge in [0.1, 0.15) is 18.2 Å². The number of anilines is 1. The van der Waals surface area contributed by atoms with Crippen molar-refractivity contribution in [3.8, 4) is 5.75 Å². The molecule has 1 aliphatic rings. The lowest BCUT2D eigenvalue weighted by atomic mass is 10.3. The number of benzene rings is 1. The van der Waals surface area contributed by atoms with Gasteiger partial charge in [-0.3, -0.25) is 0 Å². The van der Waals surface area contributed by atoms with E-state index in [9.17, 15) is 4.39 Å². The predicted octanol–water partition coefficient (Wildman–Crippen LogP) is 3.50. The molecule has 0 saturated heterocycles. The number of ether oxygens (including phenoxy) is 1. The van der Waals surface area contributed by atoms with Gasteiger partial charge in [0.15, 0.2) is 0 Å². The van der Waals surface area contributed by atoms with Gasteiger partial charge < -0.3 is 10.5 Å². The van der Waals surface area contributed by atoms with Crippen LogP contribution in [0.4, 0.5) is 10.1 Å². The van der Waals surface area contributed by atoms with Gasteiger partial charge >= 0.3 is 0 Å². The molecule has 1 atom stereocenters. The Morgan fingerprint density at radius 2 is 2.35 bits per heavy atom. The second-order valence-corrected chi connectivity index (χ2v) is 5.50. The molecular weight excluding hydrogens is 261 g/mol. The molecular formula is C12H13ClFNOS. The molecule has 2 rings (SSSR count). The molecule has 92 valence electrons. The normalized spacial score (nSPS) is 19.3. The minimum atomic E-state index is -0.519. The van der Waals surface area contributed by atoms with E-state index in [1.165, 1.54) is 12.1 Å². The number of hydrogen-bond donors (Lipinski definition) is 1. The summed E-state index contributed by atoms with van der Waals surface area (Å²) in [7, 11) is 0. The van der Waals surface area contributed by atoms with Gasteiger partial charge in [-0.15, -0.1) is 0 Å². The number of hydrogen-bond acceptors (Lipinski definition) is 3. The monoisotopic (exact) mass is 273 g/mol. The van der Waals surface area contributed by atoms with Crippen LogP contribution in [0.25, 0.3) is 0 Å². The van der Waals surface area contributed by atoms with Crippen molar-refractivity contribution >= 4 is 29.1 Å². The minimum absolute atomic E-state index is 0.0521. The fourth-order valence-electron chi connectivity index (χ4n) is 1.52. The highest BCUT2D eigenvalue weighted by atomic mass is 35.5. The lowest BCUT2D eigenvalue weighted by molar-refractivity contribution is 0.328. The largest absolute Gasteiger partial charge is 0.490 e. The quantitative estimate of drug-likeness (QED) is 0.676. The van der Waals surface area contributed by atoms with Gasteiger partial charge in [-0.2, -0.15) is 11.8 Å². The SMILES string of the molecule is Nc1cc(OCC2C=CCCS2)c(Cl)cc1F. The zero-order chi connectivity index (χ0) is 12.3. The lowest BCUT2D eigenvalue weighted by Gasteiger charge is -2.17. The van der Waals surface area contributed by atoms with E-state index < -0.39 is 5.82 Å². The minimum Gasteiger partial charge on any atom is -0.490 e. The molecule has 0 saturated carbocycles. The van der Waals surface area contributed by atoms with E-state index in [0.29, 0.717) is 17.6 Å². The fourth-order valence-corrected chi connectivity index (χ4v) is 2.69. The summed E-state index contributed by atoms with van der Waals surface area (Å²) in [5.41, 5.74) is 5.52. The molecule has 17 heavy (non-hydrogen) atoms. The Kier molecular flexibility index (Phi) is 4.18. The van der Waals surface area contributed by atoms with Gasteiger partial charge in [-0.25, -0.2) is 4.39 Å². The first-order chi connectivity index (χ1) is 8.16. The molecule has 5 heteroatoms. The summed E-state index contributed by atoms with van der Waals surface area (Å²) < 4.78 is 18.6. The van der Waals surface area contributed by atoms with E-state index in [0.717, 1.165) is 12.2 Å². The Labute approximate surface area is 109 Å². The van der Waals surface area contributed by atoms with Gasteiger partial charge in [0.2, 0.25) is 0 Å². The lowest BCUT2D eigenvalue weighted by Crippen LogP contribution is -2.15. The second kappa shape index (κ2) is 5.65. The topological polar surface area (TPSA) is 35.2 Å². The van der Waals surface area contributed by atoms with Crippen molar-refractivity contribution in [2.75, 3.05) is 18.1 Å². The van der Waals surface area contributed by atoms with E-state index >= 15 is 0 Å². The zero-order valence-electron chi connectivity index (χ0n) is 9.16. The second-order valence-electron chi connectivity index (χ2n) is 3.74. The third-order valence-corrected chi connectivity index (χ3v) is 3.91. The van der Waals surface area contributed by atoms with Crippen LogP contribution in [0.15, 0.2) is 24.3 Å². The summed E-state index contributed by atoms with van der Waals surface area (Å²) in [6.07, 6.45) is 5.37. The molecule has 1 heterocycles. The molecule has 1 aliphatic heterocycles. The van der Waals surface area contributed by atoms with Crippen LogP contribution in [0.1, 0.15) is 6.42 Å². The molecule has 0 amide bonds. The van der Waals surface area contributed by atoms with Crippen molar-refractivity contribution in [1.29, 1.82) is 0 Å². The summed E-state index contributed by atoms with van der Waals surface area (Å²) in [6.45, 7) is 0.520. The van der Waals surface area contributed by atoms with Crippen LogP contribution < -0.4 is 10.5 Å². The Hall–Kier alpha value is -0.870. The van der Waals surface area contributed by atoms with Gasteiger partial charge in [-0.1, -0.05) is 23.8 Å². The number of thioether (sulfide) groups is 1. The average Bonchev–Trinajstić information content (AvgIpc) is 2.33. The standard InChI is InChI=1S/C12H13ClFNOS/c13-9-5-10(14)11(15)6-12(9)16-7-8-3-1-2-4-17-8/h1,3,5-6,8H,2,4,7,15H2. The third kappa shape index (κ3) is 3.30. The molecule has 0 aliphatic carbocycles. The first kappa shape index (κ1) is 12.6. The maximum atomic E-state index is 13.1.